The summed E-state index contributed by atoms with van der Waals surface area (Å²) < 4.78 is 39.0. The molecule has 1 aliphatic rings. The van der Waals surface area contributed by atoms with Gasteiger partial charge in [0.2, 0.25) is 0 Å². The minimum atomic E-state index is -4.32. The van der Waals surface area contributed by atoms with Gasteiger partial charge in [0.25, 0.3) is 5.91 Å². The number of hydrogen-bond donors (Lipinski definition) is 1. The van der Waals surface area contributed by atoms with E-state index in [1.54, 1.807) is 30.3 Å². The average molecular weight is 495 g/mol. The fourth-order valence-electron chi connectivity index (χ4n) is 4.46. The van der Waals surface area contributed by atoms with Crippen LogP contribution in [-0.2, 0) is 19.1 Å². The third-order valence-corrected chi connectivity index (χ3v) is 6.58. The SMILES string of the molecule is CC(=O)c1ccc(-c2ccc(C(=O)NCCCCN3CCc4ccc(C(F)(F)F)cc4C3)cc2)cc1. The number of alkyl halides is 3. The first kappa shape index (κ1) is 25.6. The minimum absolute atomic E-state index is 0.0225. The summed E-state index contributed by atoms with van der Waals surface area (Å²) in [5.41, 5.74) is 4.33. The molecule has 0 bridgehead atoms. The number of carbonyl (C=O) groups is 2. The highest BCUT2D eigenvalue weighted by Crippen LogP contribution is 2.32. The van der Waals surface area contributed by atoms with E-state index in [0.717, 1.165) is 60.7 Å². The number of nitrogens with zero attached hydrogens (tertiary/aromatic N) is 1. The van der Waals surface area contributed by atoms with Crippen molar-refractivity contribution in [3.05, 3.63) is 94.5 Å². The summed E-state index contributed by atoms with van der Waals surface area (Å²) in [5.74, 6) is -0.116. The van der Waals surface area contributed by atoms with Crippen LogP contribution in [0, 0.1) is 0 Å². The molecule has 0 fully saturated rings. The molecule has 188 valence electrons. The van der Waals surface area contributed by atoms with Crippen LogP contribution >= 0.6 is 0 Å². The normalized spacial score (nSPS) is 13.8. The zero-order valence-corrected chi connectivity index (χ0v) is 20.2. The predicted octanol–water partition coefficient (Wildman–Crippen LogP) is 6.14. The zero-order chi connectivity index (χ0) is 25.7. The molecule has 0 unspecified atom stereocenters. The lowest BCUT2D eigenvalue weighted by Crippen LogP contribution is -2.32. The van der Waals surface area contributed by atoms with Crippen LogP contribution in [0.5, 0.6) is 0 Å². The van der Waals surface area contributed by atoms with E-state index in [1.807, 2.05) is 24.3 Å². The number of amides is 1. The van der Waals surface area contributed by atoms with Gasteiger partial charge in [-0.1, -0.05) is 42.5 Å². The van der Waals surface area contributed by atoms with Crippen molar-refractivity contribution in [1.82, 2.24) is 10.2 Å². The van der Waals surface area contributed by atoms with Crippen LogP contribution in [-0.4, -0.2) is 36.2 Å². The van der Waals surface area contributed by atoms with Gasteiger partial charge in [0.1, 0.15) is 0 Å². The maximum absolute atomic E-state index is 13.0. The number of Topliss-reactive ketones (excluding diaryl/α,β-unsaturated/α-hetero) is 1. The Bertz CT molecular complexity index is 1220. The first-order chi connectivity index (χ1) is 17.2. The lowest BCUT2D eigenvalue weighted by molar-refractivity contribution is -0.137. The molecule has 1 aliphatic heterocycles. The largest absolute Gasteiger partial charge is 0.416 e. The molecule has 0 radical (unpaired) electrons. The third-order valence-electron chi connectivity index (χ3n) is 6.58. The van der Waals surface area contributed by atoms with Crippen LogP contribution in [0.4, 0.5) is 13.2 Å². The van der Waals surface area contributed by atoms with E-state index < -0.39 is 11.7 Å². The van der Waals surface area contributed by atoms with Gasteiger partial charge in [-0.15, -0.1) is 0 Å². The summed E-state index contributed by atoms with van der Waals surface area (Å²) in [5, 5.41) is 2.94. The zero-order valence-electron chi connectivity index (χ0n) is 20.2. The number of nitrogens with one attached hydrogen (secondary N) is 1. The van der Waals surface area contributed by atoms with Crippen molar-refractivity contribution in [1.29, 1.82) is 0 Å². The summed E-state index contributed by atoms with van der Waals surface area (Å²) in [7, 11) is 0. The molecule has 0 aromatic heterocycles. The number of unbranched alkanes of at least 4 members (excludes halogenated alkanes) is 1. The van der Waals surface area contributed by atoms with E-state index in [2.05, 4.69) is 10.2 Å². The Kier molecular flexibility index (Phi) is 7.89. The van der Waals surface area contributed by atoms with Gasteiger partial charge >= 0.3 is 6.18 Å². The summed E-state index contributed by atoms with van der Waals surface area (Å²) in [6, 6.07) is 18.7. The van der Waals surface area contributed by atoms with Crippen molar-refractivity contribution in [3.63, 3.8) is 0 Å². The lowest BCUT2D eigenvalue weighted by atomic mass is 9.97. The molecule has 1 N–H and O–H groups in total. The van der Waals surface area contributed by atoms with Gasteiger partial charge in [0.15, 0.2) is 5.78 Å². The fraction of sp³-hybridized carbons (Fsp3) is 0.310. The Morgan fingerprint density at radius 1 is 0.861 bits per heavy atom. The smallest absolute Gasteiger partial charge is 0.352 e. The number of benzene rings is 3. The topological polar surface area (TPSA) is 49.4 Å². The van der Waals surface area contributed by atoms with Gasteiger partial charge in [-0.3, -0.25) is 14.5 Å². The maximum atomic E-state index is 13.0. The fourth-order valence-corrected chi connectivity index (χ4v) is 4.46. The molecular weight excluding hydrogens is 465 g/mol. The molecule has 0 atom stereocenters. The van der Waals surface area contributed by atoms with Crippen LogP contribution in [0.3, 0.4) is 0 Å². The van der Waals surface area contributed by atoms with Crippen molar-refractivity contribution in [3.8, 4) is 11.1 Å². The van der Waals surface area contributed by atoms with E-state index in [-0.39, 0.29) is 11.7 Å². The van der Waals surface area contributed by atoms with Gasteiger partial charge in [-0.2, -0.15) is 13.2 Å². The van der Waals surface area contributed by atoms with Gasteiger partial charge in [-0.25, -0.2) is 0 Å². The van der Waals surface area contributed by atoms with E-state index in [4.69, 9.17) is 0 Å². The minimum Gasteiger partial charge on any atom is -0.352 e. The van der Waals surface area contributed by atoms with Gasteiger partial charge in [0.05, 0.1) is 5.56 Å². The van der Waals surface area contributed by atoms with Crippen molar-refractivity contribution in [2.75, 3.05) is 19.6 Å². The molecule has 4 nitrogen and oxygen atoms in total. The molecule has 1 amide bonds. The summed E-state index contributed by atoms with van der Waals surface area (Å²) in [6.45, 7) is 4.20. The molecular formula is C29H29F3N2O2. The summed E-state index contributed by atoms with van der Waals surface area (Å²) in [4.78, 5) is 26.1. The number of hydrogen-bond acceptors (Lipinski definition) is 3. The van der Waals surface area contributed by atoms with Crippen LogP contribution in [0.25, 0.3) is 11.1 Å². The summed E-state index contributed by atoms with van der Waals surface area (Å²) >= 11 is 0. The Hall–Kier alpha value is -3.45. The van der Waals surface area contributed by atoms with Crippen molar-refractivity contribution in [2.24, 2.45) is 0 Å². The van der Waals surface area contributed by atoms with Crippen LogP contribution in [0.1, 0.15) is 57.2 Å². The standard InChI is InChI=1S/C29H29F3N2O2/c1-20(35)21-4-6-22(7-5-21)23-8-10-25(11-9-23)28(36)33-15-2-3-16-34-17-14-24-12-13-27(29(30,31)32)18-26(24)19-34/h4-13,18H,2-3,14-17,19H2,1H3,(H,33,36). The second kappa shape index (κ2) is 11.1. The first-order valence-electron chi connectivity index (χ1n) is 12.1. The van der Waals surface area contributed by atoms with Crippen LogP contribution < -0.4 is 5.32 Å². The maximum Gasteiger partial charge on any atom is 0.416 e. The molecule has 0 saturated heterocycles. The lowest BCUT2D eigenvalue weighted by Gasteiger charge is -2.29. The van der Waals surface area contributed by atoms with Crippen LogP contribution in [0.2, 0.25) is 0 Å². The average Bonchev–Trinajstić information content (AvgIpc) is 2.87. The van der Waals surface area contributed by atoms with E-state index in [9.17, 15) is 22.8 Å². The number of rotatable bonds is 8. The molecule has 3 aromatic rings. The van der Waals surface area contributed by atoms with Crippen molar-refractivity contribution < 1.29 is 22.8 Å². The van der Waals surface area contributed by atoms with Crippen molar-refractivity contribution >= 4 is 11.7 Å². The highest BCUT2D eigenvalue weighted by atomic mass is 19.4. The third kappa shape index (κ3) is 6.40. The predicted molar refractivity (Wildman–Crippen MR) is 134 cm³/mol. The highest BCUT2D eigenvalue weighted by Gasteiger charge is 2.31. The Labute approximate surface area is 209 Å². The van der Waals surface area contributed by atoms with E-state index in [1.165, 1.54) is 13.0 Å². The molecule has 0 spiro atoms. The summed E-state index contributed by atoms with van der Waals surface area (Å²) in [6.07, 6.45) is -1.93. The molecule has 0 saturated carbocycles. The Morgan fingerprint density at radius 3 is 2.11 bits per heavy atom. The highest BCUT2D eigenvalue weighted by molar-refractivity contribution is 5.95. The van der Waals surface area contributed by atoms with E-state index >= 15 is 0 Å². The quantitative estimate of drug-likeness (QED) is 0.302. The van der Waals surface area contributed by atoms with Gasteiger partial charge in [-0.05, 0) is 79.3 Å². The number of fused-ring (bicyclic) bond motifs is 1. The Morgan fingerprint density at radius 2 is 1.50 bits per heavy atom. The monoisotopic (exact) mass is 494 g/mol. The van der Waals surface area contributed by atoms with Crippen LogP contribution in [0.15, 0.2) is 66.7 Å². The van der Waals surface area contributed by atoms with E-state index in [0.29, 0.717) is 24.2 Å². The molecule has 4 rings (SSSR count). The second-order valence-corrected chi connectivity index (χ2v) is 9.18. The van der Waals surface area contributed by atoms with Crippen molar-refractivity contribution in [2.45, 2.75) is 38.9 Å². The van der Waals surface area contributed by atoms with Gasteiger partial charge < -0.3 is 5.32 Å². The molecule has 7 heteroatoms. The molecule has 36 heavy (non-hydrogen) atoms. The molecule has 1 heterocycles. The Balaban J connectivity index is 1.20. The molecule has 3 aromatic carbocycles. The number of ketones is 1. The first-order valence-corrected chi connectivity index (χ1v) is 12.1. The number of halogens is 3. The van der Waals surface area contributed by atoms with Gasteiger partial charge in [0, 0.05) is 30.8 Å². The molecule has 0 aliphatic carbocycles. The second-order valence-electron chi connectivity index (χ2n) is 9.18. The number of carbonyl (C=O) groups excluding carboxylic acids is 2.